The minimum atomic E-state index is -4.72. The van der Waals surface area contributed by atoms with Gasteiger partial charge in [-0.1, -0.05) is 11.8 Å². The van der Waals surface area contributed by atoms with Crippen molar-refractivity contribution in [3.63, 3.8) is 0 Å². The summed E-state index contributed by atoms with van der Waals surface area (Å²) in [5.41, 5.74) is 1.50. The molecule has 152 valence electrons. The van der Waals surface area contributed by atoms with E-state index in [1.165, 1.54) is 35.8 Å². The lowest BCUT2D eigenvalue weighted by molar-refractivity contribution is -0.274. The normalized spacial score (nSPS) is 11.3. The van der Waals surface area contributed by atoms with Crippen LogP contribution >= 0.6 is 23.7 Å². The highest BCUT2D eigenvalue weighted by Gasteiger charge is 2.31. The number of nitrogens with zero attached hydrogens (tertiary/aromatic N) is 2. The molecule has 1 heterocycles. The van der Waals surface area contributed by atoms with Gasteiger partial charge in [-0.15, -0.1) is 13.2 Å². The van der Waals surface area contributed by atoms with Crippen molar-refractivity contribution in [1.29, 1.82) is 0 Å². The van der Waals surface area contributed by atoms with E-state index in [1.807, 2.05) is 25.2 Å². The van der Waals surface area contributed by atoms with Crippen LogP contribution in [0.4, 0.5) is 13.2 Å². The van der Waals surface area contributed by atoms with Gasteiger partial charge in [-0.05, 0) is 61.5 Å². The molecule has 5 nitrogen and oxygen atoms in total. The van der Waals surface area contributed by atoms with Gasteiger partial charge in [0.25, 0.3) is 0 Å². The molecule has 0 bridgehead atoms. The first kappa shape index (κ1) is 21.3. The van der Waals surface area contributed by atoms with Crippen LogP contribution < -0.4 is 14.2 Å². The highest BCUT2D eigenvalue weighted by molar-refractivity contribution is 7.99. The third kappa shape index (κ3) is 5.78. The Balaban J connectivity index is 1.87. The molecule has 0 atom stereocenters. The van der Waals surface area contributed by atoms with Crippen LogP contribution in [0, 0.1) is 0 Å². The van der Waals surface area contributed by atoms with Gasteiger partial charge in [-0.2, -0.15) is 0 Å². The first-order valence-electron chi connectivity index (χ1n) is 8.26. The topological polar surface area (TPSA) is 56.3 Å². The molecule has 0 aliphatic heterocycles. The summed E-state index contributed by atoms with van der Waals surface area (Å²) in [6, 6.07) is 11.3. The maximum atomic E-state index is 12.3. The average Bonchev–Trinajstić information content (AvgIpc) is 2.69. The fraction of sp³-hybridized carbons (Fsp3) is 0.158. The molecule has 0 radical (unpaired) electrons. The summed E-state index contributed by atoms with van der Waals surface area (Å²) < 4.78 is 49.2. The first-order valence-corrected chi connectivity index (χ1v) is 9.89. The van der Waals surface area contributed by atoms with Crippen LogP contribution in [-0.2, 0) is 0 Å². The van der Waals surface area contributed by atoms with Gasteiger partial charge in [0, 0.05) is 22.9 Å². The largest absolute Gasteiger partial charge is 0.573 e. The molecule has 0 spiro atoms. The summed E-state index contributed by atoms with van der Waals surface area (Å²) in [5, 5.41) is 0.627. The highest BCUT2D eigenvalue weighted by Crippen LogP contribution is 2.37. The maximum Gasteiger partial charge on any atom is 0.573 e. The molecular weight excluding hydrogens is 423 g/mol. The molecule has 0 fully saturated rings. The van der Waals surface area contributed by atoms with Crippen molar-refractivity contribution in [2.45, 2.75) is 21.2 Å². The maximum absolute atomic E-state index is 12.3. The number of methoxy groups -OCH3 is 1. The Hall–Kier alpha value is -2.43. The molecule has 0 unspecified atom stereocenters. The van der Waals surface area contributed by atoms with Gasteiger partial charge in [0.1, 0.15) is 22.2 Å². The van der Waals surface area contributed by atoms with Crippen molar-refractivity contribution in [3.05, 3.63) is 54.9 Å². The minimum Gasteiger partial charge on any atom is -0.496 e. The van der Waals surface area contributed by atoms with Gasteiger partial charge < -0.3 is 9.47 Å². The lowest BCUT2D eigenvalue weighted by Crippen LogP contribution is -2.16. The number of benzene rings is 2. The SMILES string of the molecule is CNSc1cc(-c2nccnc2Sc2ccc(OC(F)(F)F)cc2)ccc1OC. The van der Waals surface area contributed by atoms with Crippen LogP contribution in [0.2, 0.25) is 0 Å². The Labute approximate surface area is 174 Å². The van der Waals surface area contributed by atoms with E-state index in [1.54, 1.807) is 31.6 Å². The molecule has 0 aliphatic carbocycles. The zero-order valence-corrected chi connectivity index (χ0v) is 17.0. The van der Waals surface area contributed by atoms with E-state index >= 15 is 0 Å². The summed E-state index contributed by atoms with van der Waals surface area (Å²) in [6.45, 7) is 0. The second-order valence-corrected chi connectivity index (χ2v) is 7.62. The van der Waals surface area contributed by atoms with Crippen molar-refractivity contribution in [3.8, 4) is 22.8 Å². The predicted molar refractivity (Wildman–Crippen MR) is 106 cm³/mol. The summed E-state index contributed by atoms with van der Waals surface area (Å²) in [7, 11) is 3.41. The van der Waals surface area contributed by atoms with Gasteiger partial charge in [0.05, 0.1) is 12.0 Å². The molecule has 0 saturated carbocycles. The van der Waals surface area contributed by atoms with Crippen molar-refractivity contribution in [1.82, 2.24) is 14.7 Å². The summed E-state index contributed by atoms with van der Waals surface area (Å²) in [5.74, 6) is 0.455. The second-order valence-electron chi connectivity index (χ2n) is 5.50. The molecule has 0 amide bonds. The quantitative estimate of drug-likeness (QED) is 0.493. The molecule has 29 heavy (non-hydrogen) atoms. The van der Waals surface area contributed by atoms with Gasteiger partial charge in [-0.3, -0.25) is 9.71 Å². The number of hydrogen-bond donors (Lipinski definition) is 1. The molecule has 1 aromatic heterocycles. The summed E-state index contributed by atoms with van der Waals surface area (Å²) in [6.07, 6.45) is -1.56. The van der Waals surface area contributed by atoms with Crippen LogP contribution in [-0.4, -0.2) is 30.5 Å². The van der Waals surface area contributed by atoms with E-state index < -0.39 is 6.36 Å². The molecular formula is C19H16F3N3O2S2. The Morgan fingerprint density at radius 3 is 2.38 bits per heavy atom. The number of nitrogens with one attached hydrogen (secondary N) is 1. The molecule has 10 heteroatoms. The molecule has 3 rings (SSSR count). The van der Waals surface area contributed by atoms with Crippen molar-refractivity contribution >= 4 is 23.7 Å². The van der Waals surface area contributed by atoms with Gasteiger partial charge in [-0.25, -0.2) is 4.98 Å². The Morgan fingerprint density at radius 1 is 1.00 bits per heavy atom. The standard InChI is InChI=1S/C19H16F3N3O2S2/c1-23-29-16-11-12(3-8-15(16)26-2)17-18(25-10-9-24-17)28-14-6-4-13(5-7-14)27-19(20,21)22/h3-11,23H,1-2H3. The number of hydrogen-bond acceptors (Lipinski definition) is 7. The Bertz CT molecular complexity index is 970. The lowest BCUT2D eigenvalue weighted by atomic mass is 10.1. The van der Waals surface area contributed by atoms with Crippen LogP contribution in [0.25, 0.3) is 11.3 Å². The van der Waals surface area contributed by atoms with Crippen LogP contribution in [0.5, 0.6) is 11.5 Å². The zero-order valence-electron chi connectivity index (χ0n) is 15.4. The number of aromatic nitrogens is 2. The second kappa shape index (κ2) is 9.38. The fourth-order valence-corrected chi connectivity index (χ4v) is 3.97. The van der Waals surface area contributed by atoms with E-state index in [4.69, 9.17) is 4.74 Å². The fourth-order valence-electron chi connectivity index (χ4n) is 2.43. The van der Waals surface area contributed by atoms with Crippen molar-refractivity contribution in [2.24, 2.45) is 0 Å². The molecule has 1 N–H and O–H groups in total. The van der Waals surface area contributed by atoms with Gasteiger partial charge >= 0.3 is 6.36 Å². The summed E-state index contributed by atoms with van der Waals surface area (Å²) in [4.78, 5) is 10.4. The van der Waals surface area contributed by atoms with E-state index in [2.05, 4.69) is 19.4 Å². The average molecular weight is 439 g/mol. The third-order valence-electron chi connectivity index (χ3n) is 3.59. The smallest absolute Gasteiger partial charge is 0.496 e. The number of halogens is 3. The van der Waals surface area contributed by atoms with E-state index in [9.17, 15) is 13.2 Å². The van der Waals surface area contributed by atoms with E-state index in [-0.39, 0.29) is 5.75 Å². The Morgan fingerprint density at radius 2 is 1.72 bits per heavy atom. The number of rotatable bonds is 7. The third-order valence-corrected chi connectivity index (χ3v) is 5.33. The molecule has 2 aromatic carbocycles. The minimum absolute atomic E-state index is 0.273. The predicted octanol–water partition coefficient (Wildman–Crippen LogP) is 5.43. The van der Waals surface area contributed by atoms with Gasteiger partial charge in [0.2, 0.25) is 0 Å². The monoisotopic (exact) mass is 439 g/mol. The summed E-state index contributed by atoms with van der Waals surface area (Å²) >= 11 is 2.72. The Kier molecular flexibility index (Phi) is 6.88. The van der Waals surface area contributed by atoms with Crippen LogP contribution in [0.3, 0.4) is 0 Å². The number of ether oxygens (including phenoxy) is 2. The molecule has 0 aliphatic rings. The number of alkyl halides is 3. The van der Waals surface area contributed by atoms with Crippen LogP contribution in [0.15, 0.2) is 69.7 Å². The van der Waals surface area contributed by atoms with E-state index in [0.717, 1.165) is 16.2 Å². The lowest BCUT2D eigenvalue weighted by Gasteiger charge is -2.12. The molecule has 0 saturated heterocycles. The highest BCUT2D eigenvalue weighted by atomic mass is 32.2. The zero-order chi connectivity index (χ0) is 20.9. The first-order chi connectivity index (χ1) is 13.9. The van der Waals surface area contributed by atoms with E-state index in [0.29, 0.717) is 15.6 Å². The van der Waals surface area contributed by atoms with Crippen molar-refractivity contribution in [2.75, 3.05) is 14.2 Å². The van der Waals surface area contributed by atoms with Crippen LogP contribution in [0.1, 0.15) is 0 Å². The van der Waals surface area contributed by atoms with Gasteiger partial charge in [0.15, 0.2) is 0 Å². The van der Waals surface area contributed by atoms with Crippen molar-refractivity contribution < 1.29 is 22.6 Å². The molecule has 3 aromatic rings.